The molecule has 0 bridgehead atoms. The smallest absolute Gasteiger partial charge is 0.465 e. The predicted molar refractivity (Wildman–Crippen MR) is 123 cm³/mol. The molecule has 1 fully saturated rings. The van der Waals surface area contributed by atoms with E-state index in [4.69, 9.17) is 5.11 Å². The second-order valence-corrected chi connectivity index (χ2v) is 13.7. The summed E-state index contributed by atoms with van der Waals surface area (Å²) in [6.45, 7) is 2.41. The number of piperazine rings is 1. The third-order valence-corrected chi connectivity index (χ3v) is 11.4. The fourth-order valence-corrected chi connectivity index (χ4v) is 8.59. The Morgan fingerprint density at radius 3 is 1.66 bits per heavy atom. The number of nitrogens with zero attached hydrogens (tertiary/aromatic N) is 2. The summed E-state index contributed by atoms with van der Waals surface area (Å²) in [5.41, 5.74) is -12.7. The van der Waals surface area contributed by atoms with Crippen LogP contribution in [0.15, 0.2) is 36.5 Å². The lowest BCUT2D eigenvalue weighted by Crippen LogP contribution is -2.70. The van der Waals surface area contributed by atoms with Crippen molar-refractivity contribution in [3.8, 4) is 0 Å². The molecule has 20 heteroatoms. The first-order valence-electron chi connectivity index (χ1n) is 10.3. The zero-order valence-corrected chi connectivity index (χ0v) is 22.5. The average Bonchev–Trinajstić information content (AvgIpc) is 2.76. The van der Waals surface area contributed by atoms with Crippen LogP contribution in [0.3, 0.4) is 0 Å². The van der Waals surface area contributed by atoms with Gasteiger partial charge in [0.15, 0.2) is 0 Å². The molecular formula is C18H25F6N3O8S3. The van der Waals surface area contributed by atoms with Crippen LogP contribution in [0.1, 0.15) is 20.8 Å². The summed E-state index contributed by atoms with van der Waals surface area (Å²) in [5, 5.41) is -0.946. The van der Waals surface area contributed by atoms with Crippen LogP contribution in [0.5, 0.6) is 0 Å². The van der Waals surface area contributed by atoms with E-state index in [2.05, 4.69) is 6.58 Å². The molecule has 38 heavy (non-hydrogen) atoms. The van der Waals surface area contributed by atoms with Crippen LogP contribution in [0.4, 0.5) is 31.1 Å². The Labute approximate surface area is 215 Å². The molecule has 1 heterocycles. The van der Waals surface area contributed by atoms with Gasteiger partial charge in [0, 0.05) is 26.2 Å². The van der Waals surface area contributed by atoms with E-state index >= 15 is 13.2 Å². The van der Waals surface area contributed by atoms with Crippen LogP contribution in [0, 0.1) is 0 Å². The number of alkyl halides is 6. The maximum absolute atomic E-state index is 16.8. The van der Waals surface area contributed by atoms with Gasteiger partial charge in [0.1, 0.15) is 0 Å². The second-order valence-electron chi connectivity index (χ2n) is 7.94. The molecule has 0 aromatic heterocycles. The topological polar surface area (TPSA) is 158 Å². The van der Waals surface area contributed by atoms with Crippen LogP contribution < -0.4 is 4.13 Å². The minimum atomic E-state index is -6.94. The molecular weight excluding hydrogens is 596 g/mol. The number of amides is 1. The lowest BCUT2D eigenvalue weighted by Gasteiger charge is -2.46. The van der Waals surface area contributed by atoms with Gasteiger partial charge in [0.2, 0.25) is 5.67 Å². The highest BCUT2D eigenvalue weighted by molar-refractivity contribution is 8.05. The monoisotopic (exact) mass is 621 g/mol. The predicted octanol–water partition coefficient (Wildman–Crippen LogP) is 2.15. The lowest BCUT2D eigenvalue weighted by molar-refractivity contribution is -0.0443. The maximum Gasteiger partial charge on any atom is 0.512 e. The number of carboxylic acid groups (broad SMARTS) is 1. The van der Waals surface area contributed by atoms with Crippen molar-refractivity contribution in [2.24, 2.45) is 0 Å². The van der Waals surface area contributed by atoms with Gasteiger partial charge in [-0.25, -0.2) is 43.2 Å². The normalized spacial score (nSPS) is 21.7. The molecule has 11 nitrogen and oxygen atoms in total. The molecule has 1 rings (SSSR count). The molecule has 2 N–H and O–H groups in total. The minimum absolute atomic E-state index is 0.0350. The fraction of sp³-hybridized carbons (Fsp3) is 0.611. The van der Waals surface area contributed by atoms with Crippen molar-refractivity contribution in [1.29, 1.82) is 0 Å². The van der Waals surface area contributed by atoms with Gasteiger partial charge in [-0.05, 0) is 38.5 Å². The highest BCUT2D eigenvalue weighted by Gasteiger charge is 2.77. The number of rotatable bonds is 10. The van der Waals surface area contributed by atoms with Crippen LogP contribution in [0.25, 0.3) is 0 Å². The molecule has 1 aliphatic rings. The van der Waals surface area contributed by atoms with E-state index in [-0.39, 0.29) is 20.6 Å². The Hall–Kier alpha value is -2.16. The highest BCUT2D eigenvalue weighted by atomic mass is 32.3. The number of halogens is 6. The number of hydrogen-bond donors (Lipinski definition) is 2. The largest absolute Gasteiger partial charge is 0.512 e. The highest BCUT2D eigenvalue weighted by Crippen LogP contribution is 2.53. The van der Waals surface area contributed by atoms with E-state index < -0.39 is 89.1 Å². The summed E-state index contributed by atoms with van der Waals surface area (Å²) < 4.78 is 164. The van der Waals surface area contributed by atoms with Gasteiger partial charge in [-0.1, -0.05) is 22.9 Å². The van der Waals surface area contributed by atoms with Crippen molar-refractivity contribution in [1.82, 2.24) is 13.3 Å². The van der Waals surface area contributed by atoms with Gasteiger partial charge in [-0.2, -0.15) is 17.5 Å². The fourth-order valence-electron chi connectivity index (χ4n) is 3.56. The van der Waals surface area contributed by atoms with E-state index in [1.54, 1.807) is 0 Å². The first kappa shape index (κ1) is 33.9. The van der Waals surface area contributed by atoms with Crippen LogP contribution in [-0.4, -0.2) is 93.0 Å². The van der Waals surface area contributed by atoms with Crippen molar-refractivity contribution >= 4 is 36.2 Å². The number of nitrogens with one attached hydrogen (secondary N) is 1. The zero-order chi connectivity index (χ0) is 30.2. The molecule has 0 aromatic carbocycles. The Balaban J connectivity index is 4.03. The molecule has 0 aromatic rings. The zero-order valence-electron chi connectivity index (χ0n) is 20.0. The van der Waals surface area contributed by atoms with Crippen molar-refractivity contribution in [3.05, 3.63) is 36.5 Å². The molecule has 1 aliphatic heterocycles. The molecule has 1 saturated heterocycles. The van der Waals surface area contributed by atoms with E-state index in [1.807, 2.05) is 0 Å². The minimum Gasteiger partial charge on any atom is -0.465 e. The number of allylic oxidation sites excluding steroid dienone is 3. The first-order valence-corrected chi connectivity index (χ1v) is 14.7. The Morgan fingerprint density at radius 1 is 0.868 bits per heavy atom. The number of hydrogen-bond acceptors (Lipinski definition) is 7. The van der Waals surface area contributed by atoms with Gasteiger partial charge in [0.25, 0.3) is 30.0 Å². The van der Waals surface area contributed by atoms with Gasteiger partial charge in [0.05, 0.1) is 0 Å². The number of carbonyl (C=O) groups is 1. The number of sulfonamides is 3. The molecule has 1 unspecified atom stereocenters. The summed E-state index contributed by atoms with van der Waals surface area (Å²) in [5.74, 6) is 0. The SMILES string of the molecule is C=C(C)[C@](F)([C@](F)(/C=C/C)C(F)(/C=C/C)S(=O)(=O)NS(=O)(=O)C(F)(F)F)S(=O)(=O)N1CCN(C(=O)O)CC1. The van der Waals surface area contributed by atoms with Gasteiger partial charge in [-0.15, -0.1) is 0 Å². The van der Waals surface area contributed by atoms with Crippen molar-refractivity contribution in [3.63, 3.8) is 0 Å². The van der Waals surface area contributed by atoms with Gasteiger partial charge < -0.3 is 10.0 Å². The van der Waals surface area contributed by atoms with Gasteiger partial charge >= 0.3 is 21.6 Å². The molecule has 0 spiro atoms. The maximum atomic E-state index is 16.8. The molecule has 3 atom stereocenters. The molecule has 0 aliphatic carbocycles. The Morgan fingerprint density at radius 2 is 1.32 bits per heavy atom. The standard InChI is InChI=1S/C18H25F6N3O8S3/c1-5-7-15(19,16(20,8-6-2)36(30,31)25-37(32,33)18(22,23)24)17(21,13(3)4)38(34,35)27-11-9-26(10-12-27)14(28)29/h5-8,25H,3,9-12H2,1-2,4H3,(H,28,29)/b7-5+,8-6+/t15-,16?,17+/m0/s1. The molecule has 220 valence electrons. The molecule has 0 radical (unpaired) electrons. The Kier molecular flexibility index (Phi) is 9.61. The van der Waals surface area contributed by atoms with E-state index in [0.29, 0.717) is 24.0 Å². The van der Waals surface area contributed by atoms with Gasteiger partial charge in [-0.3, -0.25) is 0 Å². The third kappa shape index (κ3) is 5.32. The van der Waals surface area contributed by atoms with E-state index in [9.17, 15) is 43.2 Å². The Bertz CT molecular complexity index is 1330. The summed E-state index contributed by atoms with van der Waals surface area (Å²) in [6.07, 6.45) is -1.28. The molecule has 1 amide bonds. The quantitative estimate of drug-likeness (QED) is 0.278. The second kappa shape index (κ2) is 10.8. The van der Waals surface area contributed by atoms with E-state index in [0.717, 1.165) is 13.8 Å². The van der Waals surface area contributed by atoms with E-state index in [1.165, 1.54) is 0 Å². The average molecular weight is 622 g/mol. The van der Waals surface area contributed by atoms with Crippen LogP contribution in [-0.2, 0) is 30.1 Å². The summed E-state index contributed by atoms with van der Waals surface area (Å²) in [7, 11) is -19.7. The molecule has 0 saturated carbocycles. The third-order valence-electron chi connectivity index (χ3n) is 5.41. The lowest BCUT2D eigenvalue weighted by atomic mass is 9.88. The first-order chi connectivity index (χ1) is 16.9. The summed E-state index contributed by atoms with van der Waals surface area (Å²) in [4.78, 5) is 11.8. The van der Waals surface area contributed by atoms with Crippen molar-refractivity contribution in [2.75, 3.05) is 26.2 Å². The summed E-state index contributed by atoms with van der Waals surface area (Å²) >= 11 is 0. The van der Waals surface area contributed by atoms with Crippen LogP contribution >= 0.6 is 0 Å². The van der Waals surface area contributed by atoms with Crippen LogP contribution in [0.2, 0.25) is 0 Å². The summed E-state index contributed by atoms with van der Waals surface area (Å²) in [6, 6.07) is 0. The van der Waals surface area contributed by atoms with Crippen molar-refractivity contribution < 1.29 is 61.5 Å². The van der Waals surface area contributed by atoms with Crippen molar-refractivity contribution in [2.45, 2.75) is 41.9 Å².